The SMILES string of the molecule is C#Cc1cc2c(s1)C(c1ccccc1C)=NC(C)c1c(COOCOCOC(=O)c3ncn4c3C(C)N=C(c3ccccc3C)c3sc(C#C)cc3-4)ncn1-2. The van der Waals surface area contributed by atoms with Crippen LogP contribution in [0.1, 0.15) is 95.3 Å². The van der Waals surface area contributed by atoms with Gasteiger partial charge in [0.15, 0.2) is 19.3 Å². The van der Waals surface area contributed by atoms with Crippen LogP contribution in [0.5, 0.6) is 0 Å². The Morgan fingerprint density at radius 3 is 1.89 bits per heavy atom. The van der Waals surface area contributed by atoms with E-state index in [2.05, 4.69) is 40.9 Å². The summed E-state index contributed by atoms with van der Waals surface area (Å²) in [4.78, 5) is 46.8. The molecule has 2 aliphatic rings. The molecule has 6 heterocycles. The minimum atomic E-state index is -0.661. The molecule has 0 fully saturated rings. The molecule has 0 N–H and O–H groups in total. The molecule has 13 heteroatoms. The number of thiophene rings is 2. The van der Waals surface area contributed by atoms with Crippen molar-refractivity contribution < 1.29 is 24.0 Å². The maximum absolute atomic E-state index is 13.3. The number of esters is 1. The summed E-state index contributed by atoms with van der Waals surface area (Å²) < 4.78 is 14.8. The minimum Gasteiger partial charge on any atom is -0.434 e. The monoisotopic (exact) mass is 766 g/mol. The van der Waals surface area contributed by atoms with E-state index in [1.807, 2.05) is 78.4 Å². The first kappa shape index (κ1) is 36.1. The van der Waals surface area contributed by atoms with E-state index in [1.165, 1.54) is 22.7 Å². The fraction of sp³-hybridized carbons (Fsp3) is 0.214. The number of carbonyl (C=O) groups excluding carboxylic acids is 1. The number of aryl methyl sites for hydroxylation is 2. The molecule has 0 saturated heterocycles. The molecule has 6 aromatic rings. The highest BCUT2D eigenvalue weighted by molar-refractivity contribution is 7.15. The van der Waals surface area contributed by atoms with E-state index in [9.17, 15) is 4.79 Å². The van der Waals surface area contributed by atoms with Gasteiger partial charge in [-0.1, -0.05) is 60.4 Å². The number of fused-ring (bicyclic) bond motifs is 6. The van der Waals surface area contributed by atoms with E-state index in [-0.39, 0.29) is 25.1 Å². The zero-order chi connectivity index (χ0) is 38.2. The van der Waals surface area contributed by atoms with E-state index in [4.69, 9.17) is 42.1 Å². The van der Waals surface area contributed by atoms with Crippen LogP contribution in [-0.4, -0.2) is 50.1 Å². The molecule has 4 aromatic heterocycles. The first-order chi connectivity index (χ1) is 26.8. The fourth-order valence-electron chi connectivity index (χ4n) is 6.90. The van der Waals surface area contributed by atoms with E-state index in [0.29, 0.717) is 11.4 Å². The van der Waals surface area contributed by atoms with Crippen molar-refractivity contribution in [1.82, 2.24) is 19.1 Å². The average molecular weight is 767 g/mol. The number of aliphatic imine (C=N–C) groups is 2. The van der Waals surface area contributed by atoms with Gasteiger partial charge in [0, 0.05) is 11.1 Å². The Labute approximate surface area is 325 Å². The predicted molar refractivity (Wildman–Crippen MR) is 211 cm³/mol. The lowest BCUT2D eigenvalue weighted by Crippen LogP contribution is -2.14. The maximum Gasteiger partial charge on any atom is 0.361 e. The van der Waals surface area contributed by atoms with Crippen molar-refractivity contribution in [2.45, 2.75) is 46.4 Å². The molecule has 0 radical (unpaired) electrons. The second kappa shape index (κ2) is 15.1. The van der Waals surface area contributed by atoms with E-state index in [0.717, 1.165) is 70.3 Å². The van der Waals surface area contributed by atoms with Crippen LogP contribution in [-0.2, 0) is 25.9 Å². The largest absolute Gasteiger partial charge is 0.434 e. The standard InChI is InChI=1S/C42H34N6O5S2/c1-7-28-17-33-40(54-28)35(30-15-11-9-13-24(30)3)45-26(5)38-32(43-20-47(33)38)19-52-53-23-50-22-51-42(49)37-39-27(6)46-36(31-16-12-10-14-25(31)4)41-34(48(39)21-44-37)18-29(8-2)55-41/h1-2,9-18,20-21,26-27H,19,22-23H2,3-6H3. The van der Waals surface area contributed by atoms with E-state index in [1.54, 1.807) is 12.7 Å². The van der Waals surface area contributed by atoms with Crippen molar-refractivity contribution in [3.8, 4) is 36.1 Å². The van der Waals surface area contributed by atoms with Gasteiger partial charge in [0.1, 0.15) is 12.9 Å². The lowest BCUT2D eigenvalue weighted by molar-refractivity contribution is -0.350. The molecule has 0 bridgehead atoms. The average Bonchev–Trinajstić information content (AvgIpc) is 3.98. The molecule has 11 nitrogen and oxygen atoms in total. The Morgan fingerprint density at radius 1 is 0.764 bits per heavy atom. The molecule has 8 rings (SSSR count). The summed E-state index contributed by atoms with van der Waals surface area (Å²) >= 11 is 3.01. The number of rotatable bonds is 10. The van der Waals surface area contributed by atoms with Crippen LogP contribution in [0.4, 0.5) is 0 Å². The van der Waals surface area contributed by atoms with E-state index >= 15 is 0 Å². The van der Waals surface area contributed by atoms with Crippen molar-refractivity contribution in [1.29, 1.82) is 0 Å². The van der Waals surface area contributed by atoms with Gasteiger partial charge in [-0.25, -0.2) is 24.5 Å². The number of ether oxygens (including phenoxy) is 2. The number of imidazole rings is 2. The van der Waals surface area contributed by atoms with Crippen LogP contribution in [0.2, 0.25) is 0 Å². The summed E-state index contributed by atoms with van der Waals surface area (Å²) in [5, 5.41) is 0. The van der Waals surface area contributed by atoms with Crippen LogP contribution < -0.4 is 0 Å². The van der Waals surface area contributed by atoms with Crippen molar-refractivity contribution in [3.05, 3.63) is 138 Å². The van der Waals surface area contributed by atoms with Gasteiger partial charge in [-0.3, -0.25) is 19.1 Å². The quantitative estimate of drug-likeness (QED) is 0.0349. The van der Waals surface area contributed by atoms with E-state index < -0.39 is 18.8 Å². The summed E-state index contributed by atoms with van der Waals surface area (Å²) in [6, 6.07) is 19.5. The molecule has 2 aromatic carbocycles. The summed E-state index contributed by atoms with van der Waals surface area (Å²) in [6.45, 7) is 7.40. The van der Waals surface area contributed by atoms with Crippen LogP contribution in [0.15, 0.2) is 83.3 Å². The fourth-order valence-corrected chi connectivity index (χ4v) is 8.84. The molecule has 2 atom stereocenters. The molecule has 274 valence electrons. The van der Waals surface area contributed by atoms with Gasteiger partial charge in [0.2, 0.25) is 0 Å². The molecular weight excluding hydrogens is 733 g/mol. The van der Waals surface area contributed by atoms with Crippen LogP contribution in [0.3, 0.4) is 0 Å². The highest BCUT2D eigenvalue weighted by Gasteiger charge is 2.32. The zero-order valence-electron chi connectivity index (χ0n) is 30.4. The lowest BCUT2D eigenvalue weighted by Gasteiger charge is -2.12. The molecule has 0 amide bonds. The normalized spacial score (nSPS) is 15.6. The molecular formula is C42H34N6O5S2. The van der Waals surface area contributed by atoms with Crippen LogP contribution in [0, 0.1) is 38.5 Å². The van der Waals surface area contributed by atoms with Crippen molar-refractivity contribution in [3.63, 3.8) is 0 Å². The maximum atomic E-state index is 13.3. The molecule has 0 saturated carbocycles. The Balaban J connectivity index is 0.914. The molecule has 0 spiro atoms. The smallest absolute Gasteiger partial charge is 0.361 e. The number of benzene rings is 2. The Bertz CT molecular complexity index is 2610. The molecule has 55 heavy (non-hydrogen) atoms. The number of aromatic nitrogens is 4. The summed E-state index contributed by atoms with van der Waals surface area (Å²) in [5.74, 6) is 4.85. The number of carbonyl (C=O) groups is 1. The Morgan fingerprint density at radius 2 is 1.31 bits per heavy atom. The van der Waals surface area contributed by atoms with Crippen LogP contribution >= 0.6 is 22.7 Å². The first-order valence-corrected chi connectivity index (χ1v) is 19.0. The van der Waals surface area contributed by atoms with Crippen molar-refractivity contribution in [2.24, 2.45) is 9.98 Å². The molecule has 2 aliphatic heterocycles. The third-order valence-electron chi connectivity index (χ3n) is 9.46. The predicted octanol–water partition coefficient (Wildman–Crippen LogP) is 7.82. The highest BCUT2D eigenvalue weighted by atomic mass is 32.1. The topological polar surface area (TPSA) is 114 Å². The minimum absolute atomic E-state index is 0.0299. The molecule has 2 unspecified atom stereocenters. The number of terminal acetylenes is 2. The van der Waals surface area contributed by atoms with Gasteiger partial charge in [-0.05, 0) is 51.0 Å². The number of hydrogen-bond donors (Lipinski definition) is 0. The summed E-state index contributed by atoms with van der Waals surface area (Å²) in [6.07, 6.45) is 15.0. The first-order valence-electron chi connectivity index (χ1n) is 17.4. The number of hydrogen-bond acceptors (Lipinski definition) is 11. The Hall–Kier alpha value is -5.93. The van der Waals surface area contributed by atoms with Crippen LogP contribution in [0.25, 0.3) is 11.4 Å². The van der Waals surface area contributed by atoms with Gasteiger partial charge in [0.05, 0.1) is 77.8 Å². The second-order valence-electron chi connectivity index (χ2n) is 12.9. The third-order valence-corrected chi connectivity index (χ3v) is 11.6. The number of nitrogens with zero attached hydrogens (tertiary/aromatic N) is 6. The summed E-state index contributed by atoms with van der Waals surface area (Å²) in [5.41, 5.74) is 9.89. The van der Waals surface area contributed by atoms with Crippen molar-refractivity contribution >= 4 is 40.1 Å². The van der Waals surface area contributed by atoms with Gasteiger partial charge in [0.25, 0.3) is 0 Å². The van der Waals surface area contributed by atoms with Gasteiger partial charge < -0.3 is 9.47 Å². The van der Waals surface area contributed by atoms with Gasteiger partial charge >= 0.3 is 5.97 Å². The Kier molecular flexibility index (Phi) is 9.88. The highest BCUT2D eigenvalue weighted by Crippen LogP contribution is 2.39. The van der Waals surface area contributed by atoms with Gasteiger partial charge in [-0.15, -0.1) is 35.5 Å². The van der Waals surface area contributed by atoms with Gasteiger partial charge in [-0.2, -0.15) is 0 Å². The lowest BCUT2D eigenvalue weighted by atomic mass is 10.0. The molecule has 0 aliphatic carbocycles. The van der Waals surface area contributed by atoms with Crippen molar-refractivity contribution in [2.75, 3.05) is 13.6 Å². The zero-order valence-corrected chi connectivity index (χ0v) is 32.0. The second-order valence-corrected chi connectivity index (χ2v) is 15.0. The summed E-state index contributed by atoms with van der Waals surface area (Å²) in [7, 11) is 0. The third kappa shape index (κ3) is 6.63.